The minimum absolute atomic E-state index is 0. The molecule has 1 amide bonds. The molecule has 0 unspecified atom stereocenters. The standard InChI is InChI=1S/C6H10N2.C4H7NO.ClH/c1-3-8-5-4-7-6(8)2;6-4-2-1-3-5-4;/h3H,1,4-5H2,2H3;1-3H2,(H,5,6);1H. The van der Waals surface area contributed by atoms with Crippen LogP contribution in [-0.4, -0.2) is 36.0 Å². The summed E-state index contributed by atoms with van der Waals surface area (Å²) < 4.78 is 2.10. The Hall–Kier alpha value is -1.03. The first-order valence-electron chi connectivity index (χ1n) is 4.97. The van der Waals surface area contributed by atoms with Gasteiger partial charge in [0.1, 0.15) is 13.1 Å². The molecule has 0 atom stereocenters. The predicted molar refractivity (Wildman–Crippen MR) is 56.3 cm³/mol. The molecule has 0 bridgehead atoms. The fraction of sp³-hybridized carbons (Fsp3) is 0.600. The maximum absolute atomic E-state index is 10.1. The molecule has 15 heavy (non-hydrogen) atoms. The van der Waals surface area contributed by atoms with E-state index in [1.54, 1.807) is 0 Å². The minimum atomic E-state index is 0. The van der Waals surface area contributed by atoms with Crippen molar-refractivity contribution in [3.63, 3.8) is 0 Å². The molecule has 0 spiro atoms. The topological polar surface area (TPSA) is 44.1 Å². The minimum Gasteiger partial charge on any atom is -1.00 e. The molecule has 86 valence electrons. The predicted octanol–water partition coefficient (Wildman–Crippen LogP) is -2.94. The van der Waals surface area contributed by atoms with Gasteiger partial charge in [-0.15, -0.1) is 0 Å². The first-order chi connectivity index (χ1) is 6.74. The molecule has 2 aliphatic heterocycles. The zero-order chi connectivity index (χ0) is 10.4. The van der Waals surface area contributed by atoms with Gasteiger partial charge in [-0.25, -0.2) is 4.58 Å². The Bertz CT molecular complexity index is 255. The number of amidine groups is 1. The molecule has 1 saturated heterocycles. The maximum atomic E-state index is 10.1. The summed E-state index contributed by atoms with van der Waals surface area (Å²) >= 11 is 0. The molecular weight excluding hydrogens is 214 g/mol. The summed E-state index contributed by atoms with van der Waals surface area (Å²) in [4.78, 5) is 10.1. The van der Waals surface area contributed by atoms with Crippen molar-refractivity contribution in [1.29, 1.82) is 0 Å². The van der Waals surface area contributed by atoms with E-state index in [9.17, 15) is 4.79 Å². The first kappa shape index (κ1) is 14.0. The number of rotatable bonds is 1. The third kappa shape index (κ3) is 4.83. The van der Waals surface area contributed by atoms with E-state index in [4.69, 9.17) is 0 Å². The quantitative estimate of drug-likeness (QED) is 0.475. The van der Waals surface area contributed by atoms with Gasteiger partial charge < -0.3 is 17.7 Å². The van der Waals surface area contributed by atoms with E-state index in [1.165, 1.54) is 5.84 Å². The van der Waals surface area contributed by atoms with E-state index in [1.807, 2.05) is 6.20 Å². The van der Waals surface area contributed by atoms with Gasteiger partial charge in [-0.2, -0.15) is 0 Å². The molecule has 2 rings (SSSR count). The Kier molecular flexibility index (Phi) is 6.79. The largest absolute Gasteiger partial charge is 1.00 e. The summed E-state index contributed by atoms with van der Waals surface area (Å²) in [6, 6.07) is 0. The third-order valence-electron chi connectivity index (χ3n) is 2.29. The lowest BCUT2D eigenvalue weighted by atomic mass is 10.4. The van der Waals surface area contributed by atoms with Crippen molar-refractivity contribution in [2.75, 3.05) is 19.6 Å². The second kappa shape index (κ2) is 7.29. The van der Waals surface area contributed by atoms with Crippen molar-refractivity contribution in [2.45, 2.75) is 19.8 Å². The van der Waals surface area contributed by atoms with Gasteiger partial charge in [-0.05, 0) is 6.42 Å². The molecule has 2 aliphatic rings. The number of nitrogens with one attached hydrogen (secondary N) is 2. The van der Waals surface area contributed by atoms with E-state index < -0.39 is 0 Å². The SMILES string of the molecule is C=C[N+]1=C(C)NCC1.O=C1CCCN1.[Cl-]. The summed E-state index contributed by atoms with van der Waals surface area (Å²) in [6.07, 6.45) is 3.61. The highest BCUT2D eigenvalue weighted by molar-refractivity contribution is 5.77. The van der Waals surface area contributed by atoms with Crippen molar-refractivity contribution < 1.29 is 21.8 Å². The van der Waals surface area contributed by atoms with Crippen molar-refractivity contribution in [3.05, 3.63) is 12.8 Å². The summed E-state index contributed by atoms with van der Waals surface area (Å²) in [5.74, 6) is 1.41. The van der Waals surface area contributed by atoms with Crippen LogP contribution in [0.4, 0.5) is 0 Å². The zero-order valence-electron chi connectivity index (χ0n) is 9.05. The zero-order valence-corrected chi connectivity index (χ0v) is 9.81. The van der Waals surface area contributed by atoms with Crippen LogP contribution in [0.25, 0.3) is 0 Å². The molecule has 0 aliphatic carbocycles. The van der Waals surface area contributed by atoms with Gasteiger partial charge in [-0.3, -0.25) is 10.1 Å². The summed E-state index contributed by atoms with van der Waals surface area (Å²) in [7, 11) is 0. The Labute approximate surface area is 96.8 Å². The highest BCUT2D eigenvalue weighted by Crippen LogP contribution is 1.93. The Morgan fingerprint density at radius 3 is 2.33 bits per heavy atom. The second-order valence-electron chi connectivity index (χ2n) is 3.34. The molecule has 4 nitrogen and oxygen atoms in total. The molecule has 1 fully saturated rings. The number of carbonyl (C=O) groups excluding carboxylic acids is 1. The van der Waals surface area contributed by atoms with Gasteiger partial charge in [-0.1, -0.05) is 6.58 Å². The lowest BCUT2D eigenvalue weighted by molar-refractivity contribution is -0.445. The van der Waals surface area contributed by atoms with Crippen LogP contribution in [0.1, 0.15) is 19.8 Å². The van der Waals surface area contributed by atoms with Crippen molar-refractivity contribution >= 4 is 11.7 Å². The van der Waals surface area contributed by atoms with Crippen LogP contribution in [0.15, 0.2) is 12.8 Å². The molecule has 2 heterocycles. The van der Waals surface area contributed by atoms with Crippen molar-refractivity contribution in [3.8, 4) is 0 Å². The molecule has 5 heteroatoms. The van der Waals surface area contributed by atoms with Crippen LogP contribution in [0.3, 0.4) is 0 Å². The highest BCUT2D eigenvalue weighted by Gasteiger charge is 2.11. The second-order valence-corrected chi connectivity index (χ2v) is 3.34. The molecule has 0 aromatic rings. The van der Waals surface area contributed by atoms with E-state index in [0.29, 0.717) is 0 Å². The number of hydrogen-bond donors (Lipinski definition) is 2. The number of carbonyl (C=O) groups is 1. The molecule has 0 saturated carbocycles. The van der Waals surface area contributed by atoms with Gasteiger partial charge in [0.15, 0.2) is 0 Å². The molecular formula is C10H18ClN3O. The fourth-order valence-corrected chi connectivity index (χ4v) is 1.42. The van der Waals surface area contributed by atoms with Crippen LogP contribution in [-0.2, 0) is 4.79 Å². The van der Waals surface area contributed by atoms with Crippen LogP contribution in [0, 0.1) is 0 Å². The summed E-state index contributed by atoms with van der Waals surface area (Å²) in [5.41, 5.74) is 0. The molecule has 2 N–H and O–H groups in total. The van der Waals surface area contributed by atoms with Crippen LogP contribution in [0.5, 0.6) is 0 Å². The number of amides is 1. The Morgan fingerprint density at radius 1 is 1.40 bits per heavy atom. The highest BCUT2D eigenvalue weighted by atomic mass is 35.5. The van der Waals surface area contributed by atoms with Crippen molar-refractivity contribution in [2.24, 2.45) is 0 Å². The average Bonchev–Trinajstić information content (AvgIpc) is 2.77. The summed E-state index contributed by atoms with van der Waals surface area (Å²) in [5, 5.41) is 5.87. The third-order valence-corrected chi connectivity index (χ3v) is 2.29. The van der Waals surface area contributed by atoms with Gasteiger partial charge >= 0.3 is 0 Å². The number of halogens is 1. The van der Waals surface area contributed by atoms with Gasteiger partial charge in [0.2, 0.25) is 11.7 Å². The van der Waals surface area contributed by atoms with Crippen LogP contribution in [0.2, 0.25) is 0 Å². The fourth-order valence-electron chi connectivity index (χ4n) is 1.42. The Morgan fingerprint density at radius 2 is 2.13 bits per heavy atom. The van der Waals surface area contributed by atoms with E-state index in [2.05, 4.69) is 28.7 Å². The average molecular weight is 232 g/mol. The molecule has 0 aromatic heterocycles. The van der Waals surface area contributed by atoms with E-state index in [0.717, 1.165) is 32.5 Å². The monoisotopic (exact) mass is 231 g/mol. The number of hydrogen-bond acceptors (Lipinski definition) is 2. The van der Waals surface area contributed by atoms with E-state index in [-0.39, 0.29) is 18.3 Å². The van der Waals surface area contributed by atoms with Crippen LogP contribution < -0.4 is 23.0 Å². The van der Waals surface area contributed by atoms with E-state index >= 15 is 0 Å². The van der Waals surface area contributed by atoms with Crippen LogP contribution >= 0.6 is 0 Å². The molecule has 0 aromatic carbocycles. The van der Waals surface area contributed by atoms with Gasteiger partial charge in [0, 0.05) is 19.9 Å². The number of nitrogens with zero attached hydrogens (tertiary/aromatic N) is 1. The lowest BCUT2D eigenvalue weighted by Crippen LogP contribution is -3.00. The first-order valence-corrected chi connectivity index (χ1v) is 4.97. The summed E-state index contributed by atoms with van der Waals surface area (Å²) in [6.45, 7) is 8.71. The Balaban J connectivity index is 0.000000253. The lowest BCUT2D eigenvalue weighted by Gasteiger charge is -1.86. The normalized spacial score (nSPS) is 18.3. The van der Waals surface area contributed by atoms with Gasteiger partial charge in [0.05, 0.1) is 6.20 Å². The maximum Gasteiger partial charge on any atom is 0.246 e. The molecule has 0 radical (unpaired) electrons. The van der Waals surface area contributed by atoms with Gasteiger partial charge in [0.25, 0.3) is 0 Å². The smallest absolute Gasteiger partial charge is 0.246 e. The van der Waals surface area contributed by atoms with Crippen molar-refractivity contribution in [1.82, 2.24) is 10.6 Å².